The van der Waals surface area contributed by atoms with Gasteiger partial charge in [-0.1, -0.05) is 6.07 Å². The van der Waals surface area contributed by atoms with E-state index in [9.17, 15) is 24.0 Å². The van der Waals surface area contributed by atoms with Crippen LogP contribution in [0.3, 0.4) is 0 Å². The number of aryl methyl sites for hydroxylation is 1. The molecule has 1 heterocycles. The number of aromatic nitrogens is 1. The minimum Gasteiger partial charge on any atom is -0.480 e. The van der Waals surface area contributed by atoms with Crippen LogP contribution in [0.4, 0.5) is 5.69 Å². The number of pyridine rings is 1. The van der Waals surface area contributed by atoms with Gasteiger partial charge in [0, 0.05) is 23.5 Å². The third-order valence-electron chi connectivity index (χ3n) is 3.72. The van der Waals surface area contributed by atoms with Crippen molar-refractivity contribution in [3.8, 4) is 0 Å². The summed E-state index contributed by atoms with van der Waals surface area (Å²) in [6.07, 6.45) is 1.59. The molecule has 0 saturated carbocycles. The van der Waals surface area contributed by atoms with Gasteiger partial charge < -0.3 is 25.6 Å². The Kier molecular flexibility index (Phi) is 7.24. The molecule has 0 bridgehead atoms. The maximum absolute atomic E-state index is 12.1. The molecule has 0 aliphatic heterocycles. The molecule has 0 unspecified atom stereocenters. The van der Waals surface area contributed by atoms with Crippen molar-refractivity contribution in [1.82, 2.24) is 15.2 Å². The van der Waals surface area contributed by atoms with E-state index in [-0.39, 0.29) is 24.2 Å². The Hall–Kier alpha value is -3.95. The van der Waals surface area contributed by atoms with Gasteiger partial charge in [0.05, 0.1) is 6.54 Å². The van der Waals surface area contributed by atoms with Crippen molar-refractivity contribution in [3.63, 3.8) is 0 Å². The smallest absolute Gasteiger partial charge is 0.322 e. The van der Waals surface area contributed by atoms with E-state index in [0.29, 0.717) is 5.69 Å². The van der Waals surface area contributed by atoms with Crippen LogP contribution in [0, 0.1) is 6.92 Å². The topological polar surface area (TPSA) is 147 Å². The number of amides is 3. The number of carboxylic acids is 1. The molecule has 4 N–H and O–H groups in total. The molecule has 0 radical (unpaired) electrons. The molecule has 2 aromatic rings. The number of anilines is 1. The fraction of sp³-hybridized carbons (Fsp3) is 0.211. The maximum atomic E-state index is 12.1. The first-order chi connectivity index (χ1) is 13.7. The summed E-state index contributed by atoms with van der Waals surface area (Å²) < 4.78 is 1.29. The molecule has 2 rings (SSSR count). The number of aliphatic carboxylic acids is 1. The fourth-order valence-corrected chi connectivity index (χ4v) is 2.33. The average molecular weight is 400 g/mol. The molecule has 29 heavy (non-hydrogen) atoms. The van der Waals surface area contributed by atoms with Gasteiger partial charge in [0.15, 0.2) is 0 Å². The molecular formula is C19H20N4O6. The molecule has 0 fully saturated rings. The van der Waals surface area contributed by atoms with E-state index in [0.717, 1.165) is 5.56 Å². The van der Waals surface area contributed by atoms with Crippen molar-refractivity contribution in [2.75, 3.05) is 18.4 Å². The van der Waals surface area contributed by atoms with Gasteiger partial charge in [-0.15, -0.1) is 0 Å². The van der Waals surface area contributed by atoms with Gasteiger partial charge >= 0.3 is 5.97 Å². The van der Waals surface area contributed by atoms with E-state index >= 15 is 0 Å². The Morgan fingerprint density at radius 1 is 0.931 bits per heavy atom. The Labute approximate surface area is 165 Å². The van der Waals surface area contributed by atoms with Crippen molar-refractivity contribution in [1.29, 1.82) is 0 Å². The van der Waals surface area contributed by atoms with Crippen LogP contribution in [0.1, 0.15) is 15.9 Å². The van der Waals surface area contributed by atoms with Gasteiger partial charge in [-0.3, -0.25) is 24.0 Å². The number of carbonyl (C=O) groups excluding carboxylic acids is 3. The van der Waals surface area contributed by atoms with Gasteiger partial charge in [0.1, 0.15) is 13.1 Å². The number of carbonyl (C=O) groups is 4. The number of hydrogen-bond donors (Lipinski definition) is 4. The van der Waals surface area contributed by atoms with E-state index < -0.39 is 30.2 Å². The number of hydrogen-bond acceptors (Lipinski definition) is 5. The maximum Gasteiger partial charge on any atom is 0.322 e. The van der Waals surface area contributed by atoms with Crippen LogP contribution in [0.5, 0.6) is 0 Å². The summed E-state index contributed by atoms with van der Waals surface area (Å²) in [6.45, 7) is 0.773. The molecular weight excluding hydrogens is 380 g/mol. The van der Waals surface area contributed by atoms with Gasteiger partial charge in [-0.2, -0.15) is 0 Å². The molecule has 1 aromatic heterocycles. The van der Waals surface area contributed by atoms with Crippen molar-refractivity contribution in [3.05, 3.63) is 64.1 Å². The van der Waals surface area contributed by atoms with Crippen molar-refractivity contribution in [2.24, 2.45) is 0 Å². The summed E-state index contributed by atoms with van der Waals surface area (Å²) in [5, 5.41) is 15.6. The lowest BCUT2D eigenvalue weighted by molar-refractivity contribution is -0.137. The van der Waals surface area contributed by atoms with Gasteiger partial charge in [0.2, 0.25) is 11.8 Å². The van der Waals surface area contributed by atoms with E-state index in [1.165, 1.54) is 34.9 Å². The first-order valence-electron chi connectivity index (χ1n) is 8.58. The summed E-state index contributed by atoms with van der Waals surface area (Å²) in [5.74, 6) is -2.74. The Bertz CT molecular complexity index is 981. The van der Waals surface area contributed by atoms with Crippen LogP contribution in [0.2, 0.25) is 0 Å². The molecule has 10 heteroatoms. The van der Waals surface area contributed by atoms with E-state index in [1.807, 2.05) is 6.92 Å². The minimum atomic E-state index is -1.19. The highest BCUT2D eigenvalue weighted by Gasteiger charge is 2.10. The molecule has 1 aromatic carbocycles. The van der Waals surface area contributed by atoms with Crippen LogP contribution in [0.25, 0.3) is 0 Å². The highest BCUT2D eigenvalue weighted by atomic mass is 16.4. The largest absolute Gasteiger partial charge is 0.480 e. The predicted molar refractivity (Wildman–Crippen MR) is 103 cm³/mol. The highest BCUT2D eigenvalue weighted by molar-refractivity contribution is 5.97. The molecule has 0 aliphatic rings. The molecule has 3 amide bonds. The van der Waals surface area contributed by atoms with Crippen LogP contribution in [-0.4, -0.2) is 46.5 Å². The lowest BCUT2D eigenvalue weighted by Gasteiger charge is -2.09. The monoisotopic (exact) mass is 400 g/mol. The number of rotatable bonds is 8. The Morgan fingerprint density at radius 3 is 2.28 bits per heavy atom. The predicted octanol–water partition coefficient (Wildman–Crippen LogP) is -0.274. The Balaban J connectivity index is 1.87. The lowest BCUT2D eigenvalue weighted by Crippen LogP contribution is -2.39. The molecule has 152 valence electrons. The highest BCUT2D eigenvalue weighted by Crippen LogP contribution is 2.09. The SMILES string of the molecule is Cc1ccc(=O)n(CC(=O)Nc2ccc(C(=O)NCC(=O)NCC(=O)O)cc2)c1. The zero-order chi connectivity index (χ0) is 21.4. The average Bonchev–Trinajstić information content (AvgIpc) is 2.67. The third-order valence-corrected chi connectivity index (χ3v) is 3.72. The van der Waals surface area contributed by atoms with E-state index in [1.54, 1.807) is 12.3 Å². The second kappa shape index (κ2) is 9.83. The van der Waals surface area contributed by atoms with Crippen molar-refractivity contribution < 1.29 is 24.3 Å². The van der Waals surface area contributed by atoms with Gasteiger partial charge in [0.25, 0.3) is 11.5 Å². The summed E-state index contributed by atoms with van der Waals surface area (Å²) in [6, 6.07) is 8.98. The van der Waals surface area contributed by atoms with Crippen molar-refractivity contribution in [2.45, 2.75) is 13.5 Å². The van der Waals surface area contributed by atoms with Crippen LogP contribution in [0.15, 0.2) is 47.4 Å². The molecule has 0 atom stereocenters. The second-order valence-electron chi connectivity index (χ2n) is 6.15. The van der Waals surface area contributed by atoms with Gasteiger partial charge in [-0.05, 0) is 36.8 Å². The van der Waals surface area contributed by atoms with Crippen LogP contribution >= 0.6 is 0 Å². The normalized spacial score (nSPS) is 10.1. The third kappa shape index (κ3) is 6.94. The zero-order valence-electron chi connectivity index (χ0n) is 15.6. The molecule has 0 saturated heterocycles. The first-order valence-corrected chi connectivity index (χ1v) is 8.58. The number of nitrogens with zero attached hydrogens (tertiary/aromatic N) is 1. The van der Waals surface area contributed by atoms with E-state index in [2.05, 4.69) is 16.0 Å². The fourth-order valence-electron chi connectivity index (χ4n) is 2.33. The van der Waals surface area contributed by atoms with Gasteiger partial charge in [-0.25, -0.2) is 0 Å². The molecule has 0 spiro atoms. The number of benzene rings is 1. The summed E-state index contributed by atoms with van der Waals surface area (Å²) in [4.78, 5) is 57.6. The zero-order valence-corrected chi connectivity index (χ0v) is 15.6. The summed E-state index contributed by atoms with van der Waals surface area (Å²) in [7, 11) is 0. The minimum absolute atomic E-state index is 0.145. The number of nitrogens with one attached hydrogen (secondary N) is 3. The van der Waals surface area contributed by atoms with Crippen molar-refractivity contribution >= 4 is 29.4 Å². The molecule has 10 nitrogen and oxygen atoms in total. The second-order valence-corrected chi connectivity index (χ2v) is 6.15. The van der Waals surface area contributed by atoms with Crippen LogP contribution in [-0.2, 0) is 20.9 Å². The standard InChI is InChI=1S/C19H20N4O6/c1-12-2-7-17(26)23(10-12)11-16(25)22-14-5-3-13(4-6-14)19(29)21-8-15(24)20-9-18(27)28/h2-7,10H,8-9,11H2,1H3,(H,20,24)(H,21,29)(H,22,25)(H,27,28). The summed E-state index contributed by atoms with van der Waals surface area (Å²) in [5.41, 5.74) is 1.25. The molecule has 0 aliphatic carbocycles. The van der Waals surface area contributed by atoms with E-state index in [4.69, 9.17) is 5.11 Å². The summed E-state index contributed by atoms with van der Waals surface area (Å²) >= 11 is 0. The van der Waals surface area contributed by atoms with Crippen LogP contribution < -0.4 is 21.5 Å². The number of carboxylic acid groups (broad SMARTS) is 1. The first kappa shape index (κ1) is 21.4. The quantitative estimate of drug-likeness (QED) is 0.480. The lowest BCUT2D eigenvalue weighted by atomic mass is 10.2. The Morgan fingerprint density at radius 2 is 1.62 bits per heavy atom.